The Balaban J connectivity index is 3.05. The van der Waals surface area contributed by atoms with E-state index >= 15 is 0 Å². The zero-order valence-corrected chi connectivity index (χ0v) is 22.6. The Morgan fingerprint density at radius 1 is 1.05 bits per heavy atom. The van der Waals surface area contributed by atoms with Crippen molar-refractivity contribution in [2.75, 3.05) is 6.54 Å². The maximum absolute atomic E-state index is 13.3. The molecule has 14 nitrogen and oxygen atoms in total. The number of H-pyrrole nitrogens is 1. The summed E-state index contributed by atoms with van der Waals surface area (Å²) in [6.45, 7) is 7.76. The molecule has 0 aliphatic carbocycles. The predicted molar refractivity (Wildman–Crippen MR) is 143 cm³/mol. The van der Waals surface area contributed by atoms with Crippen molar-refractivity contribution in [2.45, 2.75) is 84.0 Å². The number of aromatic amines is 1. The number of carbonyl (C=O) groups excluding carboxylic acids is 3. The lowest BCUT2D eigenvalue weighted by Crippen LogP contribution is -2.59. The van der Waals surface area contributed by atoms with Crippen molar-refractivity contribution in [2.24, 2.45) is 34.0 Å². The van der Waals surface area contributed by atoms with E-state index in [4.69, 9.17) is 17.2 Å². The lowest BCUT2D eigenvalue weighted by Gasteiger charge is -2.28. The maximum Gasteiger partial charge on any atom is 0.326 e. The number of aliphatic imine (C=N–C) groups is 1. The molecule has 0 fully saturated rings. The van der Waals surface area contributed by atoms with Gasteiger partial charge in [-0.15, -0.1) is 0 Å². The number of aromatic nitrogens is 2. The normalized spacial score (nSPS) is 15.0. The first kappa shape index (κ1) is 32.3. The summed E-state index contributed by atoms with van der Waals surface area (Å²) >= 11 is 0. The van der Waals surface area contributed by atoms with Gasteiger partial charge in [-0.1, -0.05) is 34.1 Å². The van der Waals surface area contributed by atoms with Gasteiger partial charge in [-0.2, -0.15) is 0 Å². The number of hydrogen-bond donors (Lipinski definition) is 8. The predicted octanol–water partition coefficient (Wildman–Crippen LogP) is -1.04. The Bertz CT molecular complexity index is 932. The zero-order valence-electron chi connectivity index (χ0n) is 22.6. The number of carboxylic acid groups (broad SMARTS) is 1. The molecule has 11 N–H and O–H groups in total. The first-order valence-electron chi connectivity index (χ1n) is 12.8. The fraction of sp³-hybridized carbons (Fsp3) is 0.667. The second kappa shape index (κ2) is 16.2. The van der Waals surface area contributed by atoms with Gasteiger partial charge in [0.2, 0.25) is 17.7 Å². The summed E-state index contributed by atoms with van der Waals surface area (Å²) in [4.78, 5) is 61.6. The molecule has 0 bridgehead atoms. The van der Waals surface area contributed by atoms with Crippen LogP contribution in [0, 0.1) is 11.8 Å². The van der Waals surface area contributed by atoms with Gasteiger partial charge >= 0.3 is 5.97 Å². The van der Waals surface area contributed by atoms with Crippen LogP contribution in [-0.4, -0.2) is 75.4 Å². The van der Waals surface area contributed by atoms with Gasteiger partial charge in [-0.25, -0.2) is 9.78 Å². The standard InChI is InChI=1S/C24H43N9O5/c1-5-14(4)19(33-20(34)16(25)9-13(2)3)22(36)32-18(10-15-11-28-12-30-15)21(35)31-17(23(37)38)7-6-8-29-24(26)27/h11-14,16-19H,5-10,25H2,1-4H3,(H,28,30)(H,31,35)(H,32,36)(H,33,34)(H,37,38)(H4,26,27,29). The molecule has 0 aromatic carbocycles. The van der Waals surface area contributed by atoms with Crippen LogP contribution in [0.2, 0.25) is 0 Å². The molecule has 1 heterocycles. The number of rotatable bonds is 17. The largest absolute Gasteiger partial charge is 0.480 e. The highest BCUT2D eigenvalue weighted by Gasteiger charge is 2.32. The molecular weight excluding hydrogens is 494 g/mol. The fourth-order valence-electron chi connectivity index (χ4n) is 3.70. The van der Waals surface area contributed by atoms with Crippen molar-refractivity contribution < 1.29 is 24.3 Å². The minimum Gasteiger partial charge on any atom is -0.480 e. The number of carboxylic acids is 1. The number of nitrogens with zero attached hydrogens (tertiary/aromatic N) is 2. The number of carbonyl (C=O) groups is 4. The molecule has 1 aromatic heterocycles. The maximum atomic E-state index is 13.3. The topological polar surface area (TPSA) is 244 Å². The molecule has 0 aliphatic heterocycles. The third kappa shape index (κ3) is 11.6. The second-order valence-electron chi connectivity index (χ2n) is 9.80. The van der Waals surface area contributed by atoms with E-state index in [9.17, 15) is 24.3 Å². The van der Waals surface area contributed by atoms with E-state index in [2.05, 4.69) is 30.9 Å². The van der Waals surface area contributed by atoms with E-state index in [1.807, 2.05) is 20.8 Å². The Kier molecular flexibility index (Phi) is 13.8. The van der Waals surface area contributed by atoms with E-state index in [0.717, 1.165) is 0 Å². The molecular formula is C24H43N9O5. The summed E-state index contributed by atoms with van der Waals surface area (Å²) in [5.74, 6) is -3.16. The molecule has 14 heteroatoms. The number of aliphatic carboxylic acids is 1. The summed E-state index contributed by atoms with van der Waals surface area (Å²) in [5.41, 5.74) is 17.1. The summed E-state index contributed by atoms with van der Waals surface area (Å²) in [6.07, 6.45) is 4.35. The molecule has 0 aliphatic rings. The molecule has 0 radical (unpaired) electrons. The molecule has 1 rings (SSSR count). The average Bonchev–Trinajstić information content (AvgIpc) is 3.35. The van der Waals surface area contributed by atoms with Crippen LogP contribution < -0.4 is 33.2 Å². The molecule has 3 amide bonds. The van der Waals surface area contributed by atoms with E-state index < -0.39 is 47.9 Å². The molecule has 214 valence electrons. The van der Waals surface area contributed by atoms with Gasteiger partial charge in [0.1, 0.15) is 18.1 Å². The number of imidazole rings is 1. The molecule has 5 unspecified atom stereocenters. The van der Waals surface area contributed by atoms with Gasteiger partial charge in [-0.05, 0) is 31.1 Å². The summed E-state index contributed by atoms with van der Waals surface area (Å²) < 4.78 is 0. The number of guanidine groups is 1. The third-order valence-corrected chi connectivity index (χ3v) is 6.03. The van der Waals surface area contributed by atoms with Crippen LogP contribution in [0.25, 0.3) is 0 Å². The second-order valence-corrected chi connectivity index (χ2v) is 9.80. The summed E-state index contributed by atoms with van der Waals surface area (Å²) in [5, 5.41) is 17.5. The van der Waals surface area contributed by atoms with E-state index in [1.165, 1.54) is 12.5 Å². The Morgan fingerprint density at radius 3 is 2.24 bits per heavy atom. The first-order valence-corrected chi connectivity index (χ1v) is 12.8. The van der Waals surface area contributed by atoms with Crippen LogP contribution in [0.3, 0.4) is 0 Å². The number of amides is 3. The Hall–Kier alpha value is -3.68. The van der Waals surface area contributed by atoms with Gasteiger partial charge < -0.3 is 43.2 Å². The van der Waals surface area contributed by atoms with E-state index in [0.29, 0.717) is 25.0 Å². The lowest BCUT2D eigenvalue weighted by atomic mass is 9.96. The summed E-state index contributed by atoms with van der Waals surface area (Å²) in [6, 6.07) is -4.10. The van der Waals surface area contributed by atoms with E-state index in [-0.39, 0.29) is 37.2 Å². The molecule has 38 heavy (non-hydrogen) atoms. The minimum absolute atomic E-state index is 0.0198. The van der Waals surface area contributed by atoms with Crippen molar-refractivity contribution >= 4 is 29.7 Å². The molecule has 0 saturated heterocycles. The number of nitrogens with one attached hydrogen (secondary N) is 4. The fourth-order valence-corrected chi connectivity index (χ4v) is 3.70. The first-order chi connectivity index (χ1) is 17.8. The third-order valence-electron chi connectivity index (χ3n) is 6.03. The number of hydrogen-bond acceptors (Lipinski definition) is 7. The van der Waals surface area contributed by atoms with Crippen molar-refractivity contribution in [1.29, 1.82) is 0 Å². The van der Waals surface area contributed by atoms with Crippen LogP contribution in [0.4, 0.5) is 0 Å². The van der Waals surface area contributed by atoms with Crippen LogP contribution >= 0.6 is 0 Å². The molecule has 0 saturated carbocycles. The zero-order chi connectivity index (χ0) is 28.8. The highest BCUT2D eigenvalue weighted by Crippen LogP contribution is 2.11. The minimum atomic E-state index is -1.24. The summed E-state index contributed by atoms with van der Waals surface area (Å²) in [7, 11) is 0. The van der Waals surface area contributed by atoms with Gasteiger partial charge in [0.05, 0.1) is 12.4 Å². The SMILES string of the molecule is CCC(C)C(NC(=O)C(N)CC(C)C)C(=O)NC(Cc1cnc[nH]1)C(=O)NC(CCCN=C(N)N)C(=O)O. The van der Waals surface area contributed by atoms with Crippen LogP contribution in [0.1, 0.15) is 59.1 Å². The highest BCUT2D eigenvalue weighted by atomic mass is 16.4. The number of nitrogens with two attached hydrogens (primary N) is 3. The highest BCUT2D eigenvalue weighted by molar-refractivity contribution is 5.94. The Morgan fingerprint density at radius 2 is 1.71 bits per heavy atom. The van der Waals surface area contributed by atoms with Gasteiger partial charge in [0.25, 0.3) is 0 Å². The van der Waals surface area contributed by atoms with Crippen molar-refractivity contribution in [3.05, 3.63) is 18.2 Å². The van der Waals surface area contributed by atoms with Crippen LogP contribution in [0.5, 0.6) is 0 Å². The smallest absolute Gasteiger partial charge is 0.326 e. The molecule has 0 spiro atoms. The average molecular weight is 538 g/mol. The monoisotopic (exact) mass is 537 g/mol. The van der Waals surface area contributed by atoms with Crippen molar-refractivity contribution in [3.63, 3.8) is 0 Å². The molecule has 1 aromatic rings. The Labute approximate surface area is 223 Å². The van der Waals surface area contributed by atoms with Crippen molar-refractivity contribution in [3.8, 4) is 0 Å². The van der Waals surface area contributed by atoms with Crippen LogP contribution in [0.15, 0.2) is 17.5 Å². The van der Waals surface area contributed by atoms with E-state index in [1.54, 1.807) is 6.92 Å². The quantitative estimate of drug-likeness (QED) is 0.0686. The van der Waals surface area contributed by atoms with Gasteiger partial charge in [0.15, 0.2) is 5.96 Å². The van der Waals surface area contributed by atoms with Crippen LogP contribution in [-0.2, 0) is 25.6 Å². The van der Waals surface area contributed by atoms with Gasteiger partial charge in [0, 0.05) is 24.9 Å². The van der Waals surface area contributed by atoms with Gasteiger partial charge in [-0.3, -0.25) is 19.4 Å². The molecule has 5 atom stereocenters. The van der Waals surface area contributed by atoms with Crippen molar-refractivity contribution in [1.82, 2.24) is 25.9 Å². The lowest BCUT2D eigenvalue weighted by molar-refractivity contribution is -0.142.